The molecule has 4 heterocycles. The maximum Gasteiger partial charge on any atom is 0.416 e. The summed E-state index contributed by atoms with van der Waals surface area (Å²) in [5.41, 5.74) is 2.45. The van der Waals surface area contributed by atoms with E-state index >= 15 is 0 Å². The van der Waals surface area contributed by atoms with Crippen molar-refractivity contribution in [2.75, 3.05) is 39.4 Å². The summed E-state index contributed by atoms with van der Waals surface area (Å²) in [4.78, 5) is 34.7. The molecule has 3 aliphatic heterocycles. The summed E-state index contributed by atoms with van der Waals surface area (Å²) in [5.74, 6) is -0.121. The van der Waals surface area contributed by atoms with Crippen LogP contribution < -0.4 is 5.32 Å². The van der Waals surface area contributed by atoms with Gasteiger partial charge in [-0.3, -0.25) is 19.5 Å². The number of benzene rings is 1. The molecular weight excluding hydrogens is 533 g/mol. The molecule has 41 heavy (non-hydrogen) atoms. The summed E-state index contributed by atoms with van der Waals surface area (Å²) >= 11 is 0. The van der Waals surface area contributed by atoms with Crippen molar-refractivity contribution in [1.82, 2.24) is 20.1 Å². The summed E-state index contributed by atoms with van der Waals surface area (Å²) < 4.78 is 45.5. The predicted octanol–water partition coefficient (Wildman–Crippen LogP) is 4.20. The van der Waals surface area contributed by atoms with Gasteiger partial charge in [0.2, 0.25) is 5.91 Å². The van der Waals surface area contributed by atoms with E-state index in [2.05, 4.69) is 21.3 Å². The van der Waals surface area contributed by atoms with Crippen molar-refractivity contribution >= 4 is 11.8 Å². The summed E-state index contributed by atoms with van der Waals surface area (Å²) in [5, 5.41) is 3.24. The second-order valence-corrected chi connectivity index (χ2v) is 12.0. The molecule has 0 saturated carbocycles. The molecule has 1 aromatic carbocycles. The topological polar surface area (TPSA) is 74.8 Å². The van der Waals surface area contributed by atoms with Crippen molar-refractivity contribution in [1.29, 1.82) is 0 Å². The lowest BCUT2D eigenvalue weighted by atomic mass is 9.88. The zero-order chi connectivity index (χ0) is 28.6. The minimum absolute atomic E-state index is 0.0351. The average molecular weight is 571 g/mol. The second kappa shape index (κ2) is 11.7. The maximum atomic E-state index is 13.3. The molecule has 1 N–H and O–H groups in total. The highest BCUT2D eigenvalue weighted by atomic mass is 19.4. The van der Waals surface area contributed by atoms with Gasteiger partial charge in [0.15, 0.2) is 0 Å². The third-order valence-electron chi connectivity index (χ3n) is 9.43. The summed E-state index contributed by atoms with van der Waals surface area (Å²) in [6.45, 7) is 3.33. The lowest BCUT2D eigenvalue weighted by Crippen LogP contribution is -2.48. The molecular formula is C31H37F3N4O3. The first kappa shape index (κ1) is 28.2. The third kappa shape index (κ3) is 6.14. The van der Waals surface area contributed by atoms with Crippen LogP contribution in [0.3, 0.4) is 0 Å². The predicted molar refractivity (Wildman–Crippen MR) is 146 cm³/mol. The smallest absolute Gasteiger partial charge is 0.381 e. The largest absolute Gasteiger partial charge is 0.416 e. The Morgan fingerprint density at radius 2 is 1.95 bits per heavy atom. The Labute approximate surface area is 238 Å². The van der Waals surface area contributed by atoms with Crippen molar-refractivity contribution in [3.05, 3.63) is 64.5 Å². The monoisotopic (exact) mass is 570 g/mol. The van der Waals surface area contributed by atoms with Gasteiger partial charge >= 0.3 is 6.18 Å². The van der Waals surface area contributed by atoms with E-state index < -0.39 is 17.6 Å². The van der Waals surface area contributed by atoms with Crippen molar-refractivity contribution in [2.45, 2.75) is 69.1 Å². The first-order valence-electron chi connectivity index (χ1n) is 14.8. The number of halogens is 3. The number of nitrogens with one attached hydrogen (secondary N) is 1. The number of alkyl halides is 3. The maximum absolute atomic E-state index is 13.3. The van der Waals surface area contributed by atoms with Gasteiger partial charge in [0.1, 0.15) is 0 Å². The molecule has 2 saturated heterocycles. The van der Waals surface area contributed by atoms with Gasteiger partial charge in [-0.1, -0.05) is 6.07 Å². The van der Waals surface area contributed by atoms with Gasteiger partial charge in [-0.15, -0.1) is 0 Å². The van der Waals surface area contributed by atoms with Crippen LogP contribution in [0.4, 0.5) is 13.2 Å². The second-order valence-electron chi connectivity index (χ2n) is 12.0. The fourth-order valence-corrected chi connectivity index (χ4v) is 7.26. The fourth-order valence-electron chi connectivity index (χ4n) is 7.26. The molecule has 4 aliphatic rings. The molecule has 7 nitrogen and oxygen atoms in total. The highest BCUT2D eigenvalue weighted by Crippen LogP contribution is 2.40. The van der Waals surface area contributed by atoms with E-state index in [1.807, 2.05) is 12.4 Å². The van der Waals surface area contributed by atoms with E-state index in [1.54, 1.807) is 0 Å². The van der Waals surface area contributed by atoms with E-state index in [-0.39, 0.29) is 30.0 Å². The van der Waals surface area contributed by atoms with Crippen LogP contribution >= 0.6 is 0 Å². The minimum Gasteiger partial charge on any atom is -0.381 e. The SMILES string of the molecule is O=C(CN1CCc2ccc(C(F)(F)F)cc2C1=O)NC1CN(C2CCCOCC2)C[C@@H]1CC1CCc2ccncc21. The van der Waals surface area contributed by atoms with E-state index in [4.69, 9.17) is 4.74 Å². The quantitative estimate of drug-likeness (QED) is 0.564. The zero-order valence-corrected chi connectivity index (χ0v) is 23.2. The number of pyridine rings is 1. The molecule has 6 rings (SSSR count). The number of fused-ring (bicyclic) bond motifs is 2. The Kier molecular flexibility index (Phi) is 8.05. The summed E-state index contributed by atoms with van der Waals surface area (Å²) in [6.07, 6.45) is 5.89. The highest BCUT2D eigenvalue weighted by Gasteiger charge is 2.40. The van der Waals surface area contributed by atoms with Crippen LogP contribution in [-0.2, 0) is 28.5 Å². The molecule has 0 bridgehead atoms. The number of nitrogens with zero attached hydrogens (tertiary/aromatic N) is 3. The first-order valence-corrected chi connectivity index (χ1v) is 14.8. The van der Waals surface area contributed by atoms with Crippen LogP contribution in [-0.4, -0.2) is 78.1 Å². The number of carbonyl (C=O) groups excluding carboxylic acids is 2. The van der Waals surface area contributed by atoms with Crippen LogP contribution in [0.5, 0.6) is 0 Å². The molecule has 0 radical (unpaired) electrons. The van der Waals surface area contributed by atoms with E-state index in [0.29, 0.717) is 30.5 Å². The summed E-state index contributed by atoms with van der Waals surface area (Å²) in [6, 6.07) is 5.77. The standard InChI is InChI=1S/C31H37F3N4O3/c32-31(33,34)24-6-5-21-8-11-37(30(40)26(21)15-24)19-29(39)36-28-18-38(25-2-1-12-41-13-9-25)17-23(28)14-22-4-3-20-7-10-35-16-27(20)22/h5-7,10,15-16,22-23,25,28H,1-4,8-9,11-14,17-19H2,(H,36,39)/t22?,23-,25?,28?/m0/s1. The molecule has 3 unspecified atom stereocenters. The van der Waals surface area contributed by atoms with Crippen LogP contribution in [0.2, 0.25) is 0 Å². The number of likely N-dealkylation sites (tertiary alicyclic amines) is 1. The molecule has 4 atom stereocenters. The number of amides is 2. The van der Waals surface area contributed by atoms with Crippen molar-refractivity contribution in [2.24, 2.45) is 5.92 Å². The molecule has 10 heteroatoms. The van der Waals surface area contributed by atoms with Crippen LogP contribution in [0.1, 0.15) is 70.6 Å². The van der Waals surface area contributed by atoms with Gasteiger partial charge in [0.25, 0.3) is 5.91 Å². The Hall–Kier alpha value is -2.98. The number of hydrogen-bond donors (Lipinski definition) is 1. The third-order valence-corrected chi connectivity index (χ3v) is 9.43. The zero-order valence-electron chi connectivity index (χ0n) is 23.2. The molecule has 1 aliphatic carbocycles. The molecule has 1 aromatic heterocycles. The lowest BCUT2D eigenvalue weighted by molar-refractivity contribution is -0.137. The van der Waals surface area contributed by atoms with Crippen molar-refractivity contribution in [3.8, 4) is 0 Å². The van der Waals surface area contributed by atoms with Crippen LogP contribution in [0, 0.1) is 5.92 Å². The minimum atomic E-state index is -4.53. The van der Waals surface area contributed by atoms with Crippen molar-refractivity contribution in [3.63, 3.8) is 0 Å². The highest BCUT2D eigenvalue weighted by molar-refractivity contribution is 5.99. The lowest BCUT2D eigenvalue weighted by Gasteiger charge is -2.30. The van der Waals surface area contributed by atoms with Crippen LogP contribution in [0.25, 0.3) is 0 Å². The van der Waals surface area contributed by atoms with Gasteiger partial charge in [-0.05, 0) is 91.7 Å². The van der Waals surface area contributed by atoms with Gasteiger partial charge in [-0.25, -0.2) is 0 Å². The fraction of sp³-hybridized carbons (Fsp3) is 0.581. The Morgan fingerprint density at radius 3 is 2.80 bits per heavy atom. The van der Waals surface area contributed by atoms with Gasteiger partial charge in [0, 0.05) is 62.9 Å². The first-order chi connectivity index (χ1) is 19.8. The van der Waals surface area contributed by atoms with Gasteiger partial charge in [0.05, 0.1) is 12.1 Å². The van der Waals surface area contributed by atoms with E-state index in [1.165, 1.54) is 22.1 Å². The average Bonchev–Trinajstić information content (AvgIpc) is 3.42. The Balaban J connectivity index is 1.14. The molecule has 2 fully saturated rings. The van der Waals surface area contributed by atoms with E-state index in [0.717, 1.165) is 77.0 Å². The van der Waals surface area contributed by atoms with Crippen molar-refractivity contribution < 1.29 is 27.5 Å². The van der Waals surface area contributed by atoms with Crippen LogP contribution in [0.15, 0.2) is 36.7 Å². The number of carbonyl (C=O) groups is 2. The summed E-state index contributed by atoms with van der Waals surface area (Å²) in [7, 11) is 0. The number of rotatable bonds is 6. The molecule has 0 spiro atoms. The van der Waals surface area contributed by atoms with Gasteiger partial charge in [-0.2, -0.15) is 13.2 Å². The number of aromatic nitrogens is 1. The molecule has 220 valence electrons. The Bertz CT molecular complexity index is 1280. The number of hydrogen-bond acceptors (Lipinski definition) is 5. The number of ether oxygens (including phenoxy) is 1. The number of aryl methyl sites for hydroxylation is 1. The Morgan fingerprint density at radius 1 is 1.07 bits per heavy atom. The molecule has 2 amide bonds. The van der Waals surface area contributed by atoms with Gasteiger partial charge < -0.3 is 15.0 Å². The normalized spacial score (nSPS) is 26.9. The molecule has 2 aromatic rings. The van der Waals surface area contributed by atoms with E-state index in [9.17, 15) is 22.8 Å².